The van der Waals surface area contributed by atoms with Crippen LogP contribution in [0.2, 0.25) is 0 Å². The highest BCUT2D eigenvalue weighted by Crippen LogP contribution is 2.20. The molecule has 0 aliphatic heterocycles. The summed E-state index contributed by atoms with van der Waals surface area (Å²) in [5, 5.41) is 3.86. The van der Waals surface area contributed by atoms with Gasteiger partial charge in [0, 0.05) is 13.5 Å². The van der Waals surface area contributed by atoms with E-state index in [4.69, 9.17) is 15.0 Å². The molecule has 80 valence electrons. The van der Waals surface area contributed by atoms with Crippen LogP contribution < -0.4 is 5.73 Å². The van der Waals surface area contributed by atoms with Gasteiger partial charge < -0.3 is 15.0 Å². The molecule has 0 aromatic carbocycles. The fourth-order valence-electron chi connectivity index (χ4n) is 0.946. The summed E-state index contributed by atoms with van der Waals surface area (Å²) < 4.78 is 10.3. The molecular weight excluding hydrogens is 182 g/mol. The molecule has 5 nitrogen and oxygen atoms in total. The van der Waals surface area contributed by atoms with Gasteiger partial charge in [-0.3, -0.25) is 0 Å². The predicted molar refractivity (Wildman–Crippen MR) is 51.7 cm³/mol. The molecule has 0 atom stereocenters. The maximum atomic E-state index is 5.38. The highest BCUT2D eigenvalue weighted by molar-refractivity contribution is 4.97. The number of hydrogen-bond donors (Lipinski definition) is 1. The molecule has 14 heavy (non-hydrogen) atoms. The van der Waals surface area contributed by atoms with E-state index < -0.39 is 5.60 Å². The molecule has 0 amide bonds. The van der Waals surface area contributed by atoms with Gasteiger partial charge in [0.25, 0.3) is 0 Å². The Morgan fingerprint density at radius 3 is 2.79 bits per heavy atom. The Morgan fingerprint density at radius 1 is 1.50 bits per heavy atom. The second kappa shape index (κ2) is 4.52. The van der Waals surface area contributed by atoms with E-state index >= 15 is 0 Å². The van der Waals surface area contributed by atoms with Gasteiger partial charge in [-0.2, -0.15) is 4.98 Å². The van der Waals surface area contributed by atoms with Crippen molar-refractivity contribution in [2.45, 2.75) is 32.3 Å². The third-order valence-corrected chi connectivity index (χ3v) is 2.11. The molecule has 5 heteroatoms. The second-order valence-corrected chi connectivity index (χ2v) is 3.62. The first-order valence-corrected chi connectivity index (χ1v) is 4.68. The van der Waals surface area contributed by atoms with Crippen LogP contribution in [-0.4, -0.2) is 23.8 Å². The number of nitrogens with two attached hydrogens (primary N) is 1. The normalized spacial score (nSPS) is 12.0. The van der Waals surface area contributed by atoms with Crippen LogP contribution in [0, 0.1) is 0 Å². The lowest BCUT2D eigenvalue weighted by Gasteiger charge is -2.17. The summed E-state index contributed by atoms with van der Waals surface area (Å²) in [5.41, 5.74) is 4.89. The molecule has 2 N–H and O–H groups in total. The largest absolute Gasteiger partial charge is 0.371 e. The molecule has 0 radical (unpaired) electrons. The molecule has 1 aromatic heterocycles. The van der Waals surface area contributed by atoms with Crippen molar-refractivity contribution < 1.29 is 9.26 Å². The van der Waals surface area contributed by atoms with Crippen LogP contribution in [0.3, 0.4) is 0 Å². The monoisotopic (exact) mass is 199 g/mol. The van der Waals surface area contributed by atoms with Gasteiger partial charge in [0.1, 0.15) is 5.60 Å². The summed E-state index contributed by atoms with van der Waals surface area (Å²) >= 11 is 0. The van der Waals surface area contributed by atoms with Gasteiger partial charge in [-0.15, -0.1) is 0 Å². The average Bonchev–Trinajstić information content (AvgIpc) is 2.63. The first-order chi connectivity index (χ1) is 6.60. The molecule has 0 spiro atoms. The number of nitrogens with zero attached hydrogens (tertiary/aromatic N) is 2. The summed E-state index contributed by atoms with van der Waals surface area (Å²) in [4.78, 5) is 4.23. The number of hydrogen-bond acceptors (Lipinski definition) is 5. The molecule has 1 heterocycles. The fourth-order valence-corrected chi connectivity index (χ4v) is 0.946. The zero-order chi connectivity index (χ0) is 10.6. The third kappa shape index (κ3) is 2.52. The van der Waals surface area contributed by atoms with E-state index in [1.165, 1.54) is 0 Å². The third-order valence-electron chi connectivity index (χ3n) is 2.11. The first kappa shape index (κ1) is 11.1. The van der Waals surface area contributed by atoms with Gasteiger partial charge in [0.05, 0.1) is 0 Å². The van der Waals surface area contributed by atoms with Crippen molar-refractivity contribution in [2.24, 2.45) is 5.73 Å². The Kier molecular flexibility index (Phi) is 3.60. The lowest BCUT2D eigenvalue weighted by Crippen LogP contribution is -2.21. The molecule has 1 rings (SSSR count). The number of rotatable bonds is 5. The van der Waals surface area contributed by atoms with Crippen molar-refractivity contribution in [3.8, 4) is 0 Å². The Labute approximate surface area is 83.6 Å². The molecular formula is C9H17N3O2. The van der Waals surface area contributed by atoms with Crippen LogP contribution in [0.5, 0.6) is 0 Å². The molecule has 0 saturated heterocycles. The summed E-state index contributed by atoms with van der Waals surface area (Å²) in [6, 6.07) is 0. The van der Waals surface area contributed by atoms with E-state index in [2.05, 4.69) is 10.1 Å². The van der Waals surface area contributed by atoms with Gasteiger partial charge in [-0.25, -0.2) is 0 Å². The van der Waals surface area contributed by atoms with Crippen LogP contribution in [0.1, 0.15) is 32.0 Å². The quantitative estimate of drug-likeness (QED) is 0.760. The van der Waals surface area contributed by atoms with Crippen LogP contribution in [0.15, 0.2) is 4.52 Å². The molecule has 1 aromatic rings. The SMILES string of the molecule is COC(C)(C)c1noc(CCCN)n1. The standard InChI is InChI=1S/C9H17N3O2/c1-9(2,13-3)8-11-7(14-12-8)5-4-6-10/h4-6,10H2,1-3H3. The van der Waals surface area contributed by atoms with Crippen molar-refractivity contribution in [1.82, 2.24) is 10.1 Å². The van der Waals surface area contributed by atoms with Crippen molar-refractivity contribution in [2.75, 3.05) is 13.7 Å². The van der Waals surface area contributed by atoms with E-state index in [0.717, 1.165) is 12.8 Å². The molecule has 0 saturated carbocycles. The number of aryl methyl sites for hydroxylation is 1. The van der Waals surface area contributed by atoms with Crippen LogP contribution in [0.25, 0.3) is 0 Å². The Morgan fingerprint density at radius 2 is 2.21 bits per heavy atom. The summed E-state index contributed by atoms with van der Waals surface area (Å²) in [5.74, 6) is 1.20. The predicted octanol–water partition coefficient (Wildman–Crippen LogP) is 0.842. The minimum absolute atomic E-state index is 0.496. The van der Waals surface area contributed by atoms with Gasteiger partial charge in [-0.05, 0) is 26.8 Å². The first-order valence-electron chi connectivity index (χ1n) is 4.68. The van der Waals surface area contributed by atoms with Crippen molar-refractivity contribution >= 4 is 0 Å². The van der Waals surface area contributed by atoms with Gasteiger partial charge >= 0.3 is 0 Å². The molecule has 0 aliphatic carbocycles. The van der Waals surface area contributed by atoms with Crippen molar-refractivity contribution in [1.29, 1.82) is 0 Å². The summed E-state index contributed by atoms with van der Waals surface area (Å²) in [6.45, 7) is 4.42. The Bertz CT molecular complexity index is 283. The maximum absolute atomic E-state index is 5.38. The lowest BCUT2D eigenvalue weighted by molar-refractivity contribution is 0.00973. The Hall–Kier alpha value is -0.940. The van der Waals surface area contributed by atoms with Crippen LogP contribution in [0.4, 0.5) is 0 Å². The summed E-state index contributed by atoms with van der Waals surface area (Å²) in [7, 11) is 1.62. The highest BCUT2D eigenvalue weighted by atomic mass is 16.5. The van der Waals surface area contributed by atoms with Crippen LogP contribution in [-0.2, 0) is 16.8 Å². The molecule has 0 aliphatic rings. The minimum atomic E-state index is -0.496. The van der Waals surface area contributed by atoms with E-state index in [9.17, 15) is 0 Å². The zero-order valence-corrected chi connectivity index (χ0v) is 8.91. The van der Waals surface area contributed by atoms with E-state index in [0.29, 0.717) is 18.3 Å². The van der Waals surface area contributed by atoms with Crippen molar-refractivity contribution in [3.63, 3.8) is 0 Å². The number of aromatic nitrogens is 2. The van der Waals surface area contributed by atoms with E-state index in [-0.39, 0.29) is 0 Å². The smallest absolute Gasteiger partial charge is 0.226 e. The highest BCUT2D eigenvalue weighted by Gasteiger charge is 2.25. The Balaban J connectivity index is 2.67. The summed E-state index contributed by atoms with van der Waals surface area (Å²) in [6.07, 6.45) is 1.58. The lowest BCUT2D eigenvalue weighted by atomic mass is 10.1. The van der Waals surface area contributed by atoms with Gasteiger partial charge in [0.2, 0.25) is 11.7 Å². The molecule has 0 fully saturated rings. The fraction of sp³-hybridized carbons (Fsp3) is 0.778. The minimum Gasteiger partial charge on any atom is -0.371 e. The topological polar surface area (TPSA) is 74.2 Å². The van der Waals surface area contributed by atoms with Crippen molar-refractivity contribution in [3.05, 3.63) is 11.7 Å². The zero-order valence-electron chi connectivity index (χ0n) is 8.91. The average molecular weight is 199 g/mol. The number of methoxy groups -OCH3 is 1. The van der Waals surface area contributed by atoms with Gasteiger partial charge in [-0.1, -0.05) is 5.16 Å². The van der Waals surface area contributed by atoms with E-state index in [1.54, 1.807) is 7.11 Å². The van der Waals surface area contributed by atoms with Gasteiger partial charge in [0.15, 0.2) is 0 Å². The van der Waals surface area contributed by atoms with E-state index in [1.807, 2.05) is 13.8 Å². The maximum Gasteiger partial charge on any atom is 0.226 e. The number of ether oxygens (including phenoxy) is 1. The van der Waals surface area contributed by atoms with Crippen LogP contribution >= 0.6 is 0 Å². The molecule has 0 unspecified atom stereocenters. The second-order valence-electron chi connectivity index (χ2n) is 3.62. The molecule has 0 bridgehead atoms.